The predicted octanol–water partition coefficient (Wildman–Crippen LogP) is 0.577. The molecule has 2 N–H and O–H groups in total. The average Bonchev–Trinajstić information content (AvgIpc) is 1.62. The number of hydrogen-bond acceptors (Lipinski definition) is 2. The van der Waals surface area contributed by atoms with Crippen LogP contribution in [0, 0.1) is 0 Å². The molecule has 0 aromatic heterocycles. The highest BCUT2D eigenvalue weighted by Crippen LogP contribution is 2.37. The first-order valence-corrected chi connectivity index (χ1v) is 3.49. The van der Waals surface area contributed by atoms with Gasteiger partial charge >= 0.3 is 7.82 Å². The van der Waals surface area contributed by atoms with Gasteiger partial charge in [-0.1, -0.05) is 6.58 Å². The van der Waals surface area contributed by atoms with E-state index in [-0.39, 0.29) is 0 Å². The smallest absolute Gasteiger partial charge is 0.303 e. The van der Waals surface area contributed by atoms with Crippen LogP contribution in [0.5, 0.6) is 0 Å². The van der Waals surface area contributed by atoms with Crippen LogP contribution < -0.4 is 0 Å². The first kappa shape index (κ1) is 8.78. The number of phosphoric ester groups is 1. The van der Waals surface area contributed by atoms with Gasteiger partial charge in [0.25, 0.3) is 0 Å². The Labute approximate surface area is 51.2 Å². The van der Waals surface area contributed by atoms with E-state index in [1.165, 1.54) is 0 Å². The SMILES string of the molecule is C=CC(F)OP(=O)(O)O. The highest BCUT2D eigenvalue weighted by Gasteiger charge is 2.18. The minimum absolute atomic E-state index is 0.638. The van der Waals surface area contributed by atoms with Gasteiger partial charge in [0.15, 0.2) is 0 Å². The van der Waals surface area contributed by atoms with E-state index >= 15 is 0 Å². The Morgan fingerprint density at radius 2 is 2.22 bits per heavy atom. The van der Waals surface area contributed by atoms with Crippen molar-refractivity contribution in [1.29, 1.82) is 0 Å². The maximum atomic E-state index is 11.8. The minimum Gasteiger partial charge on any atom is -0.303 e. The van der Waals surface area contributed by atoms with Gasteiger partial charge in [0.05, 0.1) is 0 Å². The monoisotopic (exact) mass is 156 g/mol. The Morgan fingerprint density at radius 1 is 1.78 bits per heavy atom. The lowest BCUT2D eigenvalue weighted by molar-refractivity contribution is 0.0731. The van der Waals surface area contributed by atoms with E-state index in [1.807, 2.05) is 0 Å². The van der Waals surface area contributed by atoms with Crippen LogP contribution in [0.3, 0.4) is 0 Å². The van der Waals surface area contributed by atoms with Crippen molar-refractivity contribution < 1.29 is 23.3 Å². The van der Waals surface area contributed by atoms with Gasteiger partial charge in [0.2, 0.25) is 6.36 Å². The zero-order valence-electron chi connectivity index (χ0n) is 4.40. The van der Waals surface area contributed by atoms with Crippen LogP contribution in [0.4, 0.5) is 4.39 Å². The molecule has 0 rings (SSSR count). The maximum Gasteiger partial charge on any atom is 0.472 e. The van der Waals surface area contributed by atoms with Crippen LogP contribution in [0.1, 0.15) is 0 Å². The van der Waals surface area contributed by atoms with Gasteiger partial charge in [0.1, 0.15) is 0 Å². The van der Waals surface area contributed by atoms with Gasteiger partial charge in [-0.2, -0.15) is 0 Å². The first-order valence-electron chi connectivity index (χ1n) is 1.96. The van der Waals surface area contributed by atoms with E-state index in [1.54, 1.807) is 0 Å². The van der Waals surface area contributed by atoms with Gasteiger partial charge in [-0.05, 0) is 6.08 Å². The number of hydrogen-bond donors (Lipinski definition) is 2. The van der Waals surface area contributed by atoms with Crippen molar-refractivity contribution >= 4 is 7.82 Å². The molecule has 0 aliphatic rings. The first-order chi connectivity index (χ1) is 3.95. The molecule has 0 aliphatic carbocycles. The fraction of sp³-hybridized carbons (Fsp3) is 0.333. The second kappa shape index (κ2) is 3.08. The molecule has 0 bridgehead atoms. The Bertz CT molecular complexity index is 141. The van der Waals surface area contributed by atoms with Gasteiger partial charge in [-0.3, -0.25) is 0 Å². The number of alkyl halides is 1. The van der Waals surface area contributed by atoms with E-state index in [4.69, 9.17) is 9.79 Å². The third kappa shape index (κ3) is 5.65. The third-order valence-electron chi connectivity index (χ3n) is 0.423. The van der Waals surface area contributed by atoms with Crippen molar-refractivity contribution in [3.8, 4) is 0 Å². The van der Waals surface area contributed by atoms with Crippen molar-refractivity contribution in [3.05, 3.63) is 12.7 Å². The van der Waals surface area contributed by atoms with E-state index in [0.29, 0.717) is 6.08 Å². The molecular formula is C3H6FO4P. The van der Waals surface area contributed by atoms with E-state index in [9.17, 15) is 8.96 Å². The fourth-order valence-electron chi connectivity index (χ4n) is 0.174. The van der Waals surface area contributed by atoms with Gasteiger partial charge in [-0.25, -0.2) is 13.5 Å². The molecule has 1 unspecified atom stereocenters. The summed E-state index contributed by atoms with van der Waals surface area (Å²) in [6, 6.07) is 0. The summed E-state index contributed by atoms with van der Waals surface area (Å²) in [7, 11) is -4.68. The van der Waals surface area contributed by atoms with E-state index in [0.717, 1.165) is 0 Å². The molecule has 0 saturated carbocycles. The van der Waals surface area contributed by atoms with Crippen molar-refractivity contribution in [2.45, 2.75) is 6.36 Å². The Hall–Kier alpha value is -0.220. The summed E-state index contributed by atoms with van der Waals surface area (Å²) >= 11 is 0. The molecule has 9 heavy (non-hydrogen) atoms. The fourth-order valence-corrected chi connectivity index (χ4v) is 0.523. The Kier molecular flexibility index (Phi) is 3.00. The summed E-state index contributed by atoms with van der Waals surface area (Å²) in [4.78, 5) is 15.8. The lowest BCUT2D eigenvalue weighted by Gasteiger charge is -2.04. The topological polar surface area (TPSA) is 66.8 Å². The molecule has 0 radical (unpaired) electrons. The lowest BCUT2D eigenvalue weighted by Crippen LogP contribution is -1.98. The predicted molar refractivity (Wildman–Crippen MR) is 28.2 cm³/mol. The highest BCUT2D eigenvalue weighted by molar-refractivity contribution is 7.46. The highest BCUT2D eigenvalue weighted by atomic mass is 31.2. The molecule has 0 heterocycles. The quantitative estimate of drug-likeness (QED) is 0.463. The van der Waals surface area contributed by atoms with E-state index in [2.05, 4.69) is 11.1 Å². The maximum absolute atomic E-state index is 11.8. The van der Waals surface area contributed by atoms with Crippen LogP contribution in [0.2, 0.25) is 0 Å². The molecule has 0 aromatic rings. The zero-order valence-corrected chi connectivity index (χ0v) is 5.29. The number of halogens is 1. The van der Waals surface area contributed by atoms with Crippen LogP contribution in [-0.2, 0) is 9.09 Å². The molecular weight excluding hydrogens is 150 g/mol. The summed E-state index contributed by atoms with van der Waals surface area (Å²) in [6.07, 6.45) is -1.47. The second-order valence-corrected chi connectivity index (χ2v) is 2.37. The molecule has 1 atom stereocenters. The van der Waals surface area contributed by atoms with Crippen molar-refractivity contribution in [1.82, 2.24) is 0 Å². The normalized spacial score (nSPS) is 15.0. The van der Waals surface area contributed by atoms with Crippen molar-refractivity contribution in [2.24, 2.45) is 0 Å². The average molecular weight is 156 g/mol. The van der Waals surface area contributed by atoms with Crippen LogP contribution in [0.25, 0.3) is 0 Å². The van der Waals surface area contributed by atoms with Crippen LogP contribution >= 0.6 is 7.82 Å². The molecule has 0 saturated heterocycles. The van der Waals surface area contributed by atoms with Gasteiger partial charge in [0, 0.05) is 0 Å². The van der Waals surface area contributed by atoms with Crippen molar-refractivity contribution in [3.63, 3.8) is 0 Å². The Morgan fingerprint density at radius 3 is 2.33 bits per heavy atom. The standard InChI is InChI=1S/C3H6FO4P/c1-2-3(4)8-9(5,6)7/h2-3H,1H2,(H2,5,6,7). The third-order valence-corrected chi connectivity index (χ3v) is 0.899. The second-order valence-electron chi connectivity index (χ2n) is 1.18. The molecule has 0 amide bonds. The van der Waals surface area contributed by atoms with Crippen LogP contribution in [-0.4, -0.2) is 16.1 Å². The minimum atomic E-state index is -4.68. The van der Waals surface area contributed by atoms with Gasteiger partial charge in [-0.15, -0.1) is 0 Å². The molecule has 0 aliphatic heterocycles. The number of rotatable bonds is 3. The molecule has 0 fully saturated rings. The molecule has 6 heteroatoms. The largest absolute Gasteiger partial charge is 0.472 e. The molecule has 0 spiro atoms. The van der Waals surface area contributed by atoms with Gasteiger partial charge < -0.3 is 9.79 Å². The van der Waals surface area contributed by atoms with Crippen molar-refractivity contribution in [2.75, 3.05) is 0 Å². The zero-order chi connectivity index (χ0) is 7.49. The lowest BCUT2D eigenvalue weighted by atomic mass is 10.7. The van der Waals surface area contributed by atoms with Crippen LogP contribution in [0.15, 0.2) is 12.7 Å². The summed E-state index contributed by atoms with van der Waals surface area (Å²) in [5.74, 6) is 0. The summed E-state index contributed by atoms with van der Waals surface area (Å²) in [5.41, 5.74) is 0. The summed E-state index contributed by atoms with van der Waals surface area (Å²) < 4.78 is 25.0. The Balaban J connectivity index is 3.74. The number of phosphoric acid groups is 1. The van der Waals surface area contributed by atoms with E-state index < -0.39 is 14.2 Å². The summed E-state index contributed by atoms with van der Waals surface area (Å²) in [6.45, 7) is 2.90. The molecule has 0 aromatic carbocycles. The molecule has 54 valence electrons. The summed E-state index contributed by atoms with van der Waals surface area (Å²) in [5, 5.41) is 0. The molecule has 4 nitrogen and oxygen atoms in total.